The zero-order chi connectivity index (χ0) is 47.3. The first kappa shape index (κ1) is 45.1. The van der Waals surface area contributed by atoms with Gasteiger partial charge in [-0.15, -0.1) is 0 Å². The minimum absolute atomic E-state index is 0.528. The maximum Gasteiger partial charge on any atom is 0.203 e. The summed E-state index contributed by atoms with van der Waals surface area (Å²) in [5.41, 5.74) is 26.9. The summed E-state index contributed by atoms with van der Waals surface area (Å²) in [4.78, 5) is 18.5. The van der Waals surface area contributed by atoms with Gasteiger partial charge in [0.1, 0.15) is 0 Å². The predicted molar refractivity (Wildman–Crippen MR) is 276 cm³/mol. The van der Waals surface area contributed by atoms with Gasteiger partial charge in [-0.25, -0.2) is 9.97 Å². The first-order valence-corrected chi connectivity index (χ1v) is 22.9. The van der Waals surface area contributed by atoms with Crippen molar-refractivity contribution in [2.45, 2.75) is 39.5 Å². The van der Waals surface area contributed by atoms with Gasteiger partial charge >= 0.3 is 0 Å². The number of unbranched alkanes of at least 4 members (excludes halogenated alkanes) is 2. The fourth-order valence-corrected chi connectivity index (χ4v) is 8.69. The average Bonchev–Trinajstić information content (AvgIpc) is 4.21. The Bertz CT molecular complexity index is 2960. The van der Waals surface area contributed by atoms with E-state index in [1.54, 1.807) is 28.4 Å². The number of ether oxygens (including phenoxy) is 6. The number of nitrogen functional groups attached to an aromatic ring is 2. The minimum Gasteiger partial charge on any atom is -0.493 e. The number of aromatic amines is 2. The van der Waals surface area contributed by atoms with E-state index in [0.29, 0.717) is 59.1 Å². The second kappa shape index (κ2) is 19.8. The second-order valence-corrected chi connectivity index (χ2v) is 16.6. The van der Waals surface area contributed by atoms with Crippen LogP contribution in [0, 0.1) is 0 Å². The molecule has 0 unspecified atom stereocenters. The molecule has 8 bridgehead atoms. The van der Waals surface area contributed by atoms with Crippen LogP contribution in [0.5, 0.6) is 34.5 Å². The number of benzene rings is 4. The molecule has 0 aliphatic carbocycles. The van der Waals surface area contributed by atoms with E-state index in [0.717, 1.165) is 115 Å². The molecular formula is C56H56N6O6. The number of rotatable bonds is 16. The lowest BCUT2D eigenvalue weighted by Gasteiger charge is -2.16. The van der Waals surface area contributed by atoms with Gasteiger partial charge in [0.15, 0.2) is 23.0 Å². The molecule has 0 spiro atoms. The zero-order valence-electron chi connectivity index (χ0n) is 39.3. The molecule has 4 aromatic carbocycles. The van der Waals surface area contributed by atoms with Crippen molar-refractivity contribution in [2.75, 3.05) is 53.1 Å². The molecule has 0 fully saturated rings. The topological polar surface area (TPSA) is 165 Å². The Morgan fingerprint density at radius 1 is 0.412 bits per heavy atom. The molecule has 0 atom stereocenters. The third kappa shape index (κ3) is 8.80. The van der Waals surface area contributed by atoms with Crippen molar-refractivity contribution in [3.63, 3.8) is 0 Å². The zero-order valence-corrected chi connectivity index (χ0v) is 39.3. The number of hydrogen-bond acceptors (Lipinski definition) is 10. The second-order valence-electron chi connectivity index (χ2n) is 16.6. The lowest BCUT2D eigenvalue weighted by Crippen LogP contribution is -2.02. The van der Waals surface area contributed by atoms with Gasteiger partial charge in [0.2, 0.25) is 11.5 Å². The van der Waals surface area contributed by atoms with E-state index in [9.17, 15) is 0 Å². The highest BCUT2D eigenvalue weighted by molar-refractivity contribution is 6.00. The van der Waals surface area contributed by atoms with Crippen molar-refractivity contribution in [3.8, 4) is 79.0 Å². The van der Waals surface area contributed by atoms with Crippen molar-refractivity contribution in [2.24, 2.45) is 0 Å². The normalized spacial score (nSPS) is 11.7. The van der Waals surface area contributed by atoms with Crippen LogP contribution in [0.4, 0.5) is 11.4 Å². The molecule has 6 N–H and O–H groups in total. The number of nitrogens with zero attached hydrogens (tertiary/aromatic N) is 2. The quantitative estimate of drug-likeness (QED) is 0.0542. The Morgan fingerprint density at radius 2 is 0.706 bits per heavy atom. The maximum atomic E-state index is 6.27. The summed E-state index contributed by atoms with van der Waals surface area (Å²) in [6, 6.07) is 31.9. The summed E-state index contributed by atoms with van der Waals surface area (Å²) >= 11 is 0. The first-order chi connectivity index (χ1) is 33.2. The van der Waals surface area contributed by atoms with Crippen LogP contribution < -0.4 is 39.9 Å². The number of H-pyrrole nitrogens is 2. The van der Waals surface area contributed by atoms with Gasteiger partial charge in [-0.3, -0.25) is 0 Å². The molecule has 0 saturated carbocycles. The SMILES string of the molecule is CCCCOc1c(OC)cc(-c2c3nc(c(-c4ccc(N)cc4)c4ccc([nH]4)c(-c4cc(OC)c(OCCCC)c(OC)c4)c4nc(c(-c5ccc(N)cc5)c5ccc2[nH]5)C=C4)C=C3)cc1OC. The van der Waals surface area contributed by atoms with Crippen LogP contribution in [-0.2, 0) is 0 Å². The van der Waals surface area contributed by atoms with Crippen LogP contribution in [0.25, 0.3) is 90.9 Å². The summed E-state index contributed by atoms with van der Waals surface area (Å²) in [5, 5.41) is 0. The van der Waals surface area contributed by atoms with Crippen molar-refractivity contribution >= 4 is 57.7 Å². The molecule has 346 valence electrons. The smallest absolute Gasteiger partial charge is 0.203 e. The van der Waals surface area contributed by atoms with Crippen LogP contribution in [-0.4, -0.2) is 61.6 Å². The first-order valence-electron chi connectivity index (χ1n) is 22.9. The molecule has 0 saturated heterocycles. The lowest BCUT2D eigenvalue weighted by molar-refractivity contribution is 0.270. The fraction of sp³-hybridized carbons (Fsp3) is 0.214. The van der Waals surface area contributed by atoms with Crippen molar-refractivity contribution in [1.29, 1.82) is 0 Å². The summed E-state index contributed by atoms with van der Waals surface area (Å²) in [7, 11) is 6.56. The van der Waals surface area contributed by atoms with Gasteiger partial charge in [0, 0.05) is 55.7 Å². The Kier molecular flexibility index (Phi) is 13.1. The van der Waals surface area contributed by atoms with Crippen molar-refractivity contribution in [1.82, 2.24) is 19.9 Å². The molecule has 12 heteroatoms. The third-order valence-electron chi connectivity index (χ3n) is 12.1. The van der Waals surface area contributed by atoms with Gasteiger partial charge in [-0.05, 0) is 132 Å². The largest absolute Gasteiger partial charge is 0.493 e. The lowest BCUT2D eigenvalue weighted by atomic mass is 10.0. The van der Waals surface area contributed by atoms with Gasteiger partial charge < -0.3 is 49.9 Å². The van der Waals surface area contributed by atoms with Gasteiger partial charge in [-0.2, -0.15) is 0 Å². The van der Waals surface area contributed by atoms with E-state index in [4.69, 9.17) is 49.9 Å². The number of nitrogens with one attached hydrogen (secondary N) is 2. The molecule has 5 heterocycles. The van der Waals surface area contributed by atoms with Gasteiger partial charge in [0.05, 0.1) is 64.4 Å². The van der Waals surface area contributed by atoms with E-state index in [1.165, 1.54) is 0 Å². The van der Waals surface area contributed by atoms with Crippen molar-refractivity contribution < 1.29 is 28.4 Å². The van der Waals surface area contributed by atoms with E-state index in [1.807, 2.05) is 97.1 Å². The molecule has 7 aromatic rings. The summed E-state index contributed by atoms with van der Waals surface area (Å²) in [5.74, 6) is 3.28. The van der Waals surface area contributed by atoms with E-state index in [-0.39, 0.29) is 0 Å². The van der Waals surface area contributed by atoms with Gasteiger partial charge in [-0.1, -0.05) is 51.0 Å². The average molecular weight is 909 g/mol. The summed E-state index contributed by atoms with van der Waals surface area (Å²) in [6.07, 6.45) is 12.0. The van der Waals surface area contributed by atoms with Crippen LogP contribution in [0.15, 0.2) is 97.1 Å². The monoisotopic (exact) mass is 908 g/mol. The summed E-state index contributed by atoms with van der Waals surface area (Å²) in [6.45, 7) is 5.31. The molecule has 12 nitrogen and oxygen atoms in total. The molecule has 2 aliphatic heterocycles. The number of hydrogen-bond donors (Lipinski definition) is 4. The van der Waals surface area contributed by atoms with E-state index < -0.39 is 0 Å². The molecule has 3 aromatic heterocycles. The molecule has 0 amide bonds. The van der Waals surface area contributed by atoms with Crippen LogP contribution in [0.1, 0.15) is 62.3 Å². The highest BCUT2D eigenvalue weighted by Crippen LogP contribution is 2.46. The van der Waals surface area contributed by atoms with Crippen molar-refractivity contribution in [3.05, 3.63) is 120 Å². The summed E-state index contributed by atoms with van der Waals surface area (Å²) < 4.78 is 36.5. The Morgan fingerprint density at radius 3 is 0.985 bits per heavy atom. The number of aromatic nitrogens is 4. The Balaban J connectivity index is 1.42. The highest BCUT2D eigenvalue weighted by Gasteiger charge is 2.23. The molecule has 9 rings (SSSR count). The van der Waals surface area contributed by atoms with E-state index >= 15 is 0 Å². The molecule has 68 heavy (non-hydrogen) atoms. The van der Waals surface area contributed by atoms with Crippen LogP contribution in [0.3, 0.4) is 0 Å². The third-order valence-corrected chi connectivity index (χ3v) is 12.1. The number of fused-ring (bicyclic) bond motifs is 8. The number of anilines is 2. The number of nitrogens with two attached hydrogens (primary N) is 2. The molecular weight excluding hydrogens is 853 g/mol. The van der Waals surface area contributed by atoms with Gasteiger partial charge in [0.25, 0.3) is 0 Å². The minimum atomic E-state index is 0.528. The standard InChI is InChI=1S/C56H56N6O6/c1-7-9-27-67-55-47(63-3)29-35(30-48(55)64-4)53-43-23-19-39(59-43)51(33-11-15-37(57)16-12-33)41-21-25-45(61-41)54(36-31-49(65-5)56(50(32-36)66-6)68-28-10-8-2)46-26-22-42(62-46)52(40-20-24-44(53)60-40)34-13-17-38(58)18-14-34/h11-26,29-32,59,62H,7-10,27-28,57-58H2,1-6H3. The Hall–Kier alpha value is -8.12. The predicted octanol–water partition coefficient (Wildman–Crippen LogP) is 12.9. The number of methoxy groups -OCH3 is 4. The fourth-order valence-electron chi connectivity index (χ4n) is 8.69. The Labute approximate surface area is 396 Å². The maximum absolute atomic E-state index is 6.27. The highest BCUT2D eigenvalue weighted by atomic mass is 16.5. The van der Waals surface area contributed by atoms with E-state index in [2.05, 4.69) is 48.1 Å². The van der Waals surface area contributed by atoms with Crippen LogP contribution in [0.2, 0.25) is 0 Å². The molecule has 0 radical (unpaired) electrons. The molecule has 2 aliphatic rings. The van der Waals surface area contributed by atoms with Crippen LogP contribution >= 0.6 is 0 Å².